The fraction of sp³-hybridized carbons (Fsp3) is 0.727. The summed E-state index contributed by atoms with van der Waals surface area (Å²) in [4.78, 5) is 3.35. The van der Waals surface area contributed by atoms with Crippen molar-refractivity contribution in [2.45, 2.75) is 52.0 Å². The SMILES string of the molecule is CCCCn1c2c([nH]c1=S)CCCC2. The number of H-pyrrole nitrogens is 1. The molecule has 0 unspecified atom stereocenters. The summed E-state index contributed by atoms with van der Waals surface area (Å²) in [6.07, 6.45) is 7.52. The Morgan fingerprint density at radius 3 is 2.93 bits per heavy atom. The molecule has 0 saturated carbocycles. The van der Waals surface area contributed by atoms with E-state index in [9.17, 15) is 0 Å². The quantitative estimate of drug-likeness (QED) is 0.760. The number of aromatic amines is 1. The highest BCUT2D eigenvalue weighted by Gasteiger charge is 2.15. The molecular formula is C11H18N2S. The number of hydrogen-bond donors (Lipinski definition) is 1. The lowest BCUT2D eigenvalue weighted by Crippen LogP contribution is -2.08. The zero-order valence-electron chi connectivity index (χ0n) is 8.81. The molecule has 3 heteroatoms. The number of hydrogen-bond acceptors (Lipinski definition) is 1. The summed E-state index contributed by atoms with van der Waals surface area (Å²) in [6, 6.07) is 0. The molecule has 2 nitrogen and oxygen atoms in total. The van der Waals surface area contributed by atoms with Crippen LogP contribution in [0, 0.1) is 4.77 Å². The second-order valence-corrected chi connectivity index (χ2v) is 4.45. The molecule has 1 heterocycles. The van der Waals surface area contributed by atoms with Gasteiger partial charge in [-0.25, -0.2) is 0 Å². The third-order valence-electron chi connectivity index (χ3n) is 3.00. The number of imidazole rings is 1. The van der Waals surface area contributed by atoms with E-state index >= 15 is 0 Å². The number of nitrogens with one attached hydrogen (secondary N) is 1. The highest BCUT2D eigenvalue weighted by atomic mass is 32.1. The van der Waals surface area contributed by atoms with Gasteiger partial charge in [-0.15, -0.1) is 0 Å². The summed E-state index contributed by atoms with van der Waals surface area (Å²) in [5, 5.41) is 0. The first kappa shape index (κ1) is 9.97. The Hall–Kier alpha value is -0.570. The van der Waals surface area contributed by atoms with Gasteiger partial charge in [0.2, 0.25) is 0 Å². The Kier molecular flexibility index (Phi) is 3.06. The Morgan fingerprint density at radius 1 is 1.36 bits per heavy atom. The average molecular weight is 210 g/mol. The summed E-state index contributed by atoms with van der Waals surface area (Å²) in [5.41, 5.74) is 2.88. The van der Waals surface area contributed by atoms with Gasteiger partial charge in [0.1, 0.15) is 0 Å². The summed E-state index contributed by atoms with van der Waals surface area (Å²) in [7, 11) is 0. The maximum Gasteiger partial charge on any atom is 0.177 e. The molecule has 1 N–H and O–H groups in total. The van der Waals surface area contributed by atoms with Crippen molar-refractivity contribution in [1.29, 1.82) is 0 Å². The molecule has 1 aliphatic rings. The Labute approximate surface area is 90.3 Å². The van der Waals surface area contributed by atoms with Crippen LogP contribution in [0.2, 0.25) is 0 Å². The van der Waals surface area contributed by atoms with Crippen molar-refractivity contribution in [3.63, 3.8) is 0 Å². The molecule has 0 atom stereocenters. The molecule has 78 valence electrons. The lowest BCUT2D eigenvalue weighted by molar-refractivity contribution is 0.573. The van der Waals surface area contributed by atoms with Crippen molar-refractivity contribution >= 4 is 12.2 Å². The third-order valence-corrected chi connectivity index (χ3v) is 3.33. The van der Waals surface area contributed by atoms with Crippen molar-refractivity contribution in [2.24, 2.45) is 0 Å². The molecule has 2 rings (SSSR count). The van der Waals surface area contributed by atoms with Gasteiger partial charge < -0.3 is 9.55 Å². The van der Waals surface area contributed by atoms with E-state index < -0.39 is 0 Å². The number of nitrogens with zero attached hydrogens (tertiary/aromatic N) is 1. The van der Waals surface area contributed by atoms with E-state index in [0.717, 1.165) is 11.3 Å². The van der Waals surface area contributed by atoms with E-state index in [2.05, 4.69) is 16.5 Å². The minimum absolute atomic E-state index is 0.936. The van der Waals surface area contributed by atoms with Crippen LogP contribution in [0.3, 0.4) is 0 Å². The maximum absolute atomic E-state index is 5.34. The highest BCUT2D eigenvalue weighted by molar-refractivity contribution is 7.71. The van der Waals surface area contributed by atoms with E-state index in [-0.39, 0.29) is 0 Å². The Balaban J connectivity index is 2.28. The van der Waals surface area contributed by atoms with Gasteiger partial charge in [0.25, 0.3) is 0 Å². The summed E-state index contributed by atoms with van der Waals surface area (Å²) >= 11 is 5.34. The number of rotatable bonds is 3. The number of aromatic nitrogens is 2. The van der Waals surface area contributed by atoms with Crippen molar-refractivity contribution in [3.8, 4) is 0 Å². The van der Waals surface area contributed by atoms with E-state index in [1.54, 1.807) is 0 Å². The molecule has 0 spiro atoms. The zero-order valence-corrected chi connectivity index (χ0v) is 9.62. The minimum Gasteiger partial charge on any atom is -0.334 e. The van der Waals surface area contributed by atoms with Crippen LogP contribution in [0.5, 0.6) is 0 Å². The van der Waals surface area contributed by atoms with Crippen LogP contribution in [-0.2, 0) is 19.4 Å². The monoisotopic (exact) mass is 210 g/mol. The molecule has 0 aromatic carbocycles. The molecular weight excluding hydrogens is 192 g/mol. The molecule has 1 aromatic heterocycles. The van der Waals surface area contributed by atoms with Gasteiger partial charge in [-0.1, -0.05) is 13.3 Å². The van der Waals surface area contributed by atoms with Crippen molar-refractivity contribution in [2.75, 3.05) is 0 Å². The highest BCUT2D eigenvalue weighted by Crippen LogP contribution is 2.21. The largest absolute Gasteiger partial charge is 0.334 e. The maximum atomic E-state index is 5.34. The first-order valence-electron chi connectivity index (χ1n) is 5.63. The topological polar surface area (TPSA) is 20.7 Å². The predicted molar refractivity (Wildman–Crippen MR) is 61.2 cm³/mol. The summed E-state index contributed by atoms with van der Waals surface area (Å²) < 4.78 is 3.25. The van der Waals surface area contributed by atoms with Gasteiger partial charge in [-0.3, -0.25) is 0 Å². The normalized spacial score (nSPS) is 15.5. The van der Waals surface area contributed by atoms with Gasteiger partial charge >= 0.3 is 0 Å². The lowest BCUT2D eigenvalue weighted by Gasteiger charge is -2.13. The smallest absolute Gasteiger partial charge is 0.177 e. The van der Waals surface area contributed by atoms with E-state index in [1.165, 1.54) is 49.9 Å². The van der Waals surface area contributed by atoms with Gasteiger partial charge in [0.05, 0.1) is 0 Å². The molecule has 0 bridgehead atoms. The second kappa shape index (κ2) is 4.30. The molecule has 0 saturated heterocycles. The van der Waals surface area contributed by atoms with Gasteiger partial charge in [0, 0.05) is 17.9 Å². The molecule has 0 amide bonds. The molecule has 0 fully saturated rings. The number of aryl methyl sites for hydroxylation is 1. The average Bonchev–Trinajstić information content (AvgIpc) is 2.51. The van der Waals surface area contributed by atoms with Crippen LogP contribution in [-0.4, -0.2) is 9.55 Å². The zero-order chi connectivity index (χ0) is 9.97. The van der Waals surface area contributed by atoms with Crippen LogP contribution < -0.4 is 0 Å². The van der Waals surface area contributed by atoms with Crippen LogP contribution in [0.15, 0.2) is 0 Å². The van der Waals surface area contributed by atoms with Gasteiger partial charge in [-0.05, 0) is 44.3 Å². The van der Waals surface area contributed by atoms with Gasteiger partial charge in [0.15, 0.2) is 4.77 Å². The third kappa shape index (κ3) is 1.78. The fourth-order valence-electron chi connectivity index (χ4n) is 2.19. The molecule has 1 aromatic rings. The predicted octanol–water partition coefficient (Wildman–Crippen LogP) is 3.22. The van der Waals surface area contributed by atoms with Crippen molar-refractivity contribution < 1.29 is 0 Å². The molecule has 0 radical (unpaired) electrons. The van der Waals surface area contributed by atoms with Crippen LogP contribution >= 0.6 is 12.2 Å². The molecule has 1 aliphatic carbocycles. The van der Waals surface area contributed by atoms with E-state index in [4.69, 9.17) is 12.2 Å². The van der Waals surface area contributed by atoms with E-state index in [0.29, 0.717) is 0 Å². The first-order valence-corrected chi connectivity index (χ1v) is 6.04. The number of unbranched alkanes of at least 4 members (excludes halogenated alkanes) is 1. The van der Waals surface area contributed by atoms with E-state index in [1.807, 2.05) is 0 Å². The second-order valence-electron chi connectivity index (χ2n) is 4.07. The fourth-order valence-corrected chi connectivity index (χ4v) is 2.52. The minimum atomic E-state index is 0.936. The van der Waals surface area contributed by atoms with Gasteiger partial charge in [-0.2, -0.15) is 0 Å². The summed E-state index contributed by atoms with van der Waals surface area (Å²) in [5.74, 6) is 0. The van der Waals surface area contributed by atoms with Crippen LogP contribution in [0.1, 0.15) is 44.0 Å². The Morgan fingerprint density at radius 2 is 2.14 bits per heavy atom. The van der Waals surface area contributed by atoms with Crippen molar-refractivity contribution in [3.05, 3.63) is 16.2 Å². The molecule has 0 aliphatic heterocycles. The Bertz CT molecular complexity index is 362. The van der Waals surface area contributed by atoms with Crippen LogP contribution in [0.4, 0.5) is 0 Å². The lowest BCUT2D eigenvalue weighted by atomic mass is 10.0. The molecule has 14 heavy (non-hydrogen) atoms. The summed E-state index contributed by atoms with van der Waals surface area (Å²) in [6.45, 7) is 3.32. The number of fused-ring (bicyclic) bond motifs is 1. The standard InChI is InChI=1S/C11H18N2S/c1-2-3-8-13-10-7-5-4-6-9(10)12-11(13)14/h2-8H2,1H3,(H,12,14). The first-order chi connectivity index (χ1) is 6.83. The van der Waals surface area contributed by atoms with Crippen LogP contribution in [0.25, 0.3) is 0 Å². The van der Waals surface area contributed by atoms with Crippen molar-refractivity contribution in [1.82, 2.24) is 9.55 Å².